The standard InChI is InChI=1S/C28H37Cl2FN6O5/c1-15(38)32-16-8-10-17(11-9-16)33-24-21(30)22(20(29)23(31)36-24)37-13-18(34-25(39)41-27(2,3)4)12-19(14-37)35-26(40)42-28(5,6)7/h8-11,18-19H,12-14H2,1-7H3,(H,32,38)(H,33,36)(H,34,39)(H,35,40)/t18-,19+. The molecule has 0 aliphatic carbocycles. The molecular weight excluding hydrogens is 590 g/mol. The summed E-state index contributed by atoms with van der Waals surface area (Å²) < 4.78 is 25.9. The molecule has 2 aromatic rings. The first kappa shape index (κ1) is 33.0. The van der Waals surface area contributed by atoms with Gasteiger partial charge in [-0.25, -0.2) is 9.59 Å². The fourth-order valence-corrected chi connectivity index (χ4v) is 4.89. The van der Waals surface area contributed by atoms with E-state index in [4.69, 9.17) is 32.7 Å². The van der Waals surface area contributed by atoms with Crippen LogP contribution in [0.1, 0.15) is 54.9 Å². The van der Waals surface area contributed by atoms with Gasteiger partial charge in [0.1, 0.15) is 21.2 Å². The van der Waals surface area contributed by atoms with Crippen molar-refractivity contribution < 1.29 is 28.2 Å². The van der Waals surface area contributed by atoms with E-state index in [0.717, 1.165) is 0 Å². The quantitative estimate of drug-likeness (QED) is 0.277. The molecule has 2 heterocycles. The van der Waals surface area contributed by atoms with Crippen LogP contribution < -0.4 is 26.2 Å². The molecule has 4 N–H and O–H groups in total. The van der Waals surface area contributed by atoms with Crippen LogP contribution in [-0.2, 0) is 14.3 Å². The highest BCUT2D eigenvalue weighted by atomic mass is 35.5. The molecule has 2 atom stereocenters. The molecule has 0 saturated carbocycles. The number of benzene rings is 1. The summed E-state index contributed by atoms with van der Waals surface area (Å²) in [5.41, 5.74) is -0.216. The van der Waals surface area contributed by atoms with Crippen LogP contribution in [0.3, 0.4) is 0 Å². The van der Waals surface area contributed by atoms with Crippen molar-refractivity contribution in [2.75, 3.05) is 28.6 Å². The lowest BCUT2D eigenvalue weighted by molar-refractivity contribution is -0.114. The number of anilines is 4. The number of rotatable bonds is 6. The Balaban J connectivity index is 1.91. The van der Waals surface area contributed by atoms with Crippen molar-refractivity contribution in [3.05, 3.63) is 40.3 Å². The molecule has 1 saturated heterocycles. The smallest absolute Gasteiger partial charge is 0.407 e. The van der Waals surface area contributed by atoms with E-state index in [2.05, 4.69) is 26.3 Å². The average Bonchev–Trinajstić information content (AvgIpc) is 2.81. The van der Waals surface area contributed by atoms with Crippen molar-refractivity contribution >= 4 is 64.2 Å². The highest BCUT2D eigenvalue weighted by Crippen LogP contribution is 2.41. The number of halogens is 3. The van der Waals surface area contributed by atoms with Gasteiger partial charge in [-0.1, -0.05) is 23.2 Å². The second-order valence-corrected chi connectivity index (χ2v) is 12.7. The molecule has 0 bridgehead atoms. The van der Waals surface area contributed by atoms with Crippen LogP contribution in [0.2, 0.25) is 10.0 Å². The second-order valence-electron chi connectivity index (χ2n) is 11.9. The minimum atomic E-state index is -0.965. The number of nitrogens with one attached hydrogen (secondary N) is 4. The van der Waals surface area contributed by atoms with Gasteiger partial charge in [-0.2, -0.15) is 9.37 Å². The lowest BCUT2D eigenvalue weighted by atomic mass is 10.00. The normalized spacial score (nSPS) is 17.2. The van der Waals surface area contributed by atoms with Crippen LogP contribution in [-0.4, -0.2) is 59.5 Å². The molecule has 0 spiro atoms. The van der Waals surface area contributed by atoms with Gasteiger partial charge in [0.25, 0.3) is 0 Å². The Kier molecular flexibility index (Phi) is 10.4. The number of carbonyl (C=O) groups excluding carboxylic acids is 3. The Morgan fingerprint density at radius 3 is 1.81 bits per heavy atom. The van der Waals surface area contributed by atoms with Gasteiger partial charge in [0.2, 0.25) is 11.9 Å². The Morgan fingerprint density at radius 2 is 1.36 bits per heavy atom. The highest BCUT2D eigenvalue weighted by Gasteiger charge is 2.34. The van der Waals surface area contributed by atoms with Crippen molar-refractivity contribution in [2.24, 2.45) is 0 Å². The number of hydrogen-bond acceptors (Lipinski definition) is 8. The molecule has 3 rings (SSSR count). The first-order chi connectivity index (χ1) is 19.4. The topological polar surface area (TPSA) is 134 Å². The number of amides is 3. The maximum atomic E-state index is 15.1. The van der Waals surface area contributed by atoms with Crippen molar-refractivity contribution in [3.8, 4) is 0 Å². The van der Waals surface area contributed by atoms with Gasteiger partial charge in [0.15, 0.2) is 5.82 Å². The van der Waals surface area contributed by atoms with E-state index in [1.807, 2.05) is 0 Å². The number of nitrogens with zero attached hydrogens (tertiary/aromatic N) is 2. The van der Waals surface area contributed by atoms with Gasteiger partial charge < -0.3 is 35.6 Å². The van der Waals surface area contributed by atoms with Crippen LogP contribution in [0.15, 0.2) is 24.3 Å². The highest BCUT2D eigenvalue weighted by molar-refractivity contribution is 6.40. The number of piperidine rings is 1. The van der Waals surface area contributed by atoms with Crippen molar-refractivity contribution in [3.63, 3.8) is 0 Å². The van der Waals surface area contributed by atoms with Gasteiger partial charge in [0, 0.05) is 31.4 Å². The van der Waals surface area contributed by atoms with Gasteiger partial charge >= 0.3 is 12.2 Å². The van der Waals surface area contributed by atoms with Gasteiger partial charge in [0.05, 0.1) is 17.8 Å². The predicted octanol–water partition coefficient (Wildman–Crippen LogP) is 6.23. The summed E-state index contributed by atoms with van der Waals surface area (Å²) >= 11 is 13.2. The first-order valence-electron chi connectivity index (χ1n) is 13.3. The van der Waals surface area contributed by atoms with E-state index < -0.39 is 41.4 Å². The van der Waals surface area contributed by atoms with Crippen LogP contribution in [0.25, 0.3) is 0 Å². The summed E-state index contributed by atoms with van der Waals surface area (Å²) in [6.45, 7) is 12.2. The van der Waals surface area contributed by atoms with Crippen LogP contribution in [0.4, 0.5) is 36.9 Å². The fraction of sp³-hybridized carbons (Fsp3) is 0.500. The number of hydrogen-bond donors (Lipinski definition) is 4. The van der Waals surface area contributed by atoms with E-state index in [0.29, 0.717) is 17.8 Å². The summed E-state index contributed by atoms with van der Waals surface area (Å²) in [7, 11) is 0. The van der Waals surface area contributed by atoms with Crippen LogP contribution >= 0.6 is 23.2 Å². The number of ether oxygens (including phenoxy) is 2. The van der Waals surface area contributed by atoms with Crippen molar-refractivity contribution in [1.82, 2.24) is 15.6 Å². The van der Waals surface area contributed by atoms with E-state index in [1.54, 1.807) is 70.7 Å². The van der Waals surface area contributed by atoms with Crippen molar-refractivity contribution in [2.45, 2.75) is 78.2 Å². The third-order valence-electron chi connectivity index (χ3n) is 5.69. The molecule has 42 heavy (non-hydrogen) atoms. The third-order valence-corrected chi connectivity index (χ3v) is 6.38. The molecule has 1 aromatic carbocycles. The monoisotopic (exact) mass is 626 g/mol. The van der Waals surface area contributed by atoms with E-state index in [-0.39, 0.29) is 40.5 Å². The fourth-order valence-electron chi connectivity index (χ4n) is 4.28. The number of alkyl carbamates (subject to hydrolysis) is 2. The minimum Gasteiger partial charge on any atom is -0.444 e. The Morgan fingerprint density at radius 1 is 0.881 bits per heavy atom. The van der Waals surface area contributed by atoms with E-state index in [1.165, 1.54) is 6.92 Å². The number of carbonyl (C=O) groups is 3. The second kappa shape index (κ2) is 13.2. The van der Waals surface area contributed by atoms with Gasteiger partial charge in [-0.15, -0.1) is 0 Å². The van der Waals surface area contributed by atoms with Crippen LogP contribution in [0, 0.1) is 5.95 Å². The molecule has 230 valence electrons. The summed E-state index contributed by atoms with van der Waals surface area (Å²) in [5.74, 6) is -1.18. The molecule has 0 radical (unpaired) electrons. The van der Waals surface area contributed by atoms with Gasteiger partial charge in [-0.05, 0) is 72.2 Å². The average molecular weight is 628 g/mol. The molecule has 14 heteroatoms. The molecule has 11 nitrogen and oxygen atoms in total. The Bertz CT molecular complexity index is 1280. The molecule has 3 amide bonds. The lowest BCUT2D eigenvalue weighted by Gasteiger charge is -2.40. The Hall–Kier alpha value is -3.51. The summed E-state index contributed by atoms with van der Waals surface area (Å²) in [4.78, 5) is 42.1. The lowest BCUT2D eigenvalue weighted by Crippen LogP contribution is -2.58. The SMILES string of the molecule is CC(=O)Nc1ccc(Nc2nc(F)c(Cl)c(N3C[C@H](NC(=O)OC(C)(C)C)C[C@H](NC(=O)OC(C)(C)C)C3)c2Cl)cc1. The maximum absolute atomic E-state index is 15.1. The van der Waals surface area contributed by atoms with Crippen LogP contribution in [0.5, 0.6) is 0 Å². The summed E-state index contributed by atoms with van der Waals surface area (Å²) in [5, 5.41) is 11.0. The molecule has 0 unspecified atom stereocenters. The summed E-state index contributed by atoms with van der Waals surface area (Å²) in [6, 6.07) is 5.59. The van der Waals surface area contributed by atoms with Gasteiger partial charge in [-0.3, -0.25) is 4.79 Å². The van der Waals surface area contributed by atoms with E-state index >= 15 is 4.39 Å². The third kappa shape index (κ3) is 9.80. The zero-order valence-corrected chi connectivity index (χ0v) is 26.2. The summed E-state index contributed by atoms with van der Waals surface area (Å²) in [6.07, 6.45) is -0.953. The zero-order chi connectivity index (χ0) is 31.4. The van der Waals surface area contributed by atoms with Crippen molar-refractivity contribution in [1.29, 1.82) is 0 Å². The predicted molar refractivity (Wildman–Crippen MR) is 161 cm³/mol. The molecule has 1 aliphatic heterocycles. The molecule has 1 aliphatic rings. The maximum Gasteiger partial charge on any atom is 0.407 e. The zero-order valence-electron chi connectivity index (χ0n) is 24.7. The number of pyridine rings is 1. The molecule has 1 aromatic heterocycles. The van der Waals surface area contributed by atoms with E-state index in [9.17, 15) is 14.4 Å². The molecular formula is C28H37Cl2FN6O5. The largest absolute Gasteiger partial charge is 0.444 e. The molecule has 1 fully saturated rings. The Labute approximate surface area is 254 Å². The minimum absolute atomic E-state index is 0.000259. The number of aromatic nitrogens is 1. The first-order valence-corrected chi connectivity index (χ1v) is 14.1.